The van der Waals surface area contributed by atoms with E-state index in [9.17, 15) is 0 Å². The fourth-order valence-electron chi connectivity index (χ4n) is 2.03. The van der Waals surface area contributed by atoms with E-state index in [0.29, 0.717) is 5.41 Å². The van der Waals surface area contributed by atoms with E-state index in [1.165, 1.54) is 38.9 Å². The summed E-state index contributed by atoms with van der Waals surface area (Å²) >= 11 is 4.24. The van der Waals surface area contributed by atoms with Crippen LogP contribution in [0.4, 0.5) is 0 Å². The normalized spacial score (nSPS) is 24.2. The van der Waals surface area contributed by atoms with Crippen molar-refractivity contribution in [3.63, 3.8) is 0 Å². The summed E-state index contributed by atoms with van der Waals surface area (Å²) in [5, 5.41) is 0. The van der Waals surface area contributed by atoms with Crippen LogP contribution in [0.15, 0.2) is 0 Å². The summed E-state index contributed by atoms with van der Waals surface area (Å²) < 4.78 is 0. The molecule has 1 rings (SSSR count). The summed E-state index contributed by atoms with van der Waals surface area (Å²) in [5.41, 5.74) is 0.550. The molecular formula is C10H21NS. The molecule has 1 heterocycles. The lowest BCUT2D eigenvalue weighted by molar-refractivity contribution is 0.118. The van der Waals surface area contributed by atoms with Crippen LogP contribution in [0.5, 0.6) is 0 Å². The molecule has 0 radical (unpaired) electrons. The van der Waals surface area contributed by atoms with Crippen molar-refractivity contribution in [3.8, 4) is 0 Å². The number of piperidine rings is 1. The molecule has 0 aliphatic carbocycles. The van der Waals surface area contributed by atoms with Crippen LogP contribution in [-0.4, -0.2) is 30.3 Å². The van der Waals surface area contributed by atoms with Gasteiger partial charge in [0, 0.05) is 6.54 Å². The molecule has 0 unspecified atom stereocenters. The van der Waals surface area contributed by atoms with Gasteiger partial charge in [-0.2, -0.15) is 12.6 Å². The first-order valence-electron chi connectivity index (χ1n) is 4.97. The third kappa shape index (κ3) is 3.36. The predicted octanol–water partition coefficient (Wildman–Crippen LogP) is 2.43. The zero-order valence-corrected chi connectivity index (χ0v) is 9.24. The van der Waals surface area contributed by atoms with Crippen molar-refractivity contribution in [3.05, 3.63) is 0 Å². The smallest absolute Gasteiger partial charge is 0.00327 e. The number of hydrogen-bond donors (Lipinski definition) is 1. The molecule has 1 saturated heterocycles. The van der Waals surface area contributed by atoms with Crippen LogP contribution in [0.3, 0.4) is 0 Å². The molecule has 1 aliphatic rings. The Morgan fingerprint density at radius 2 is 2.17 bits per heavy atom. The molecule has 2 heteroatoms. The number of hydrogen-bond acceptors (Lipinski definition) is 2. The van der Waals surface area contributed by atoms with Gasteiger partial charge in [-0.15, -0.1) is 0 Å². The lowest BCUT2D eigenvalue weighted by Crippen LogP contribution is -2.40. The Hall–Kier alpha value is 0.310. The van der Waals surface area contributed by atoms with Gasteiger partial charge < -0.3 is 4.90 Å². The Morgan fingerprint density at radius 1 is 1.42 bits per heavy atom. The average molecular weight is 187 g/mol. The Bertz CT molecular complexity index is 134. The van der Waals surface area contributed by atoms with E-state index in [1.807, 2.05) is 0 Å². The van der Waals surface area contributed by atoms with Gasteiger partial charge in [-0.05, 0) is 43.5 Å². The standard InChI is InChI=1S/C10H21NS/c1-10(2)5-3-6-11(9-10)7-4-8-12/h12H,3-9H2,1-2H3. The molecule has 0 amide bonds. The van der Waals surface area contributed by atoms with Crippen LogP contribution in [0.2, 0.25) is 0 Å². The first kappa shape index (κ1) is 10.4. The van der Waals surface area contributed by atoms with E-state index >= 15 is 0 Å². The average Bonchev–Trinajstić information content (AvgIpc) is 1.99. The second-order valence-electron chi connectivity index (χ2n) is 4.62. The molecule has 1 fully saturated rings. The van der Waals surface area contributed by atoms with Crippen molar-refractivity contribution in [1.82, 2.24) is 4.90 Å². The van der Waals surface area contributed by atoms with E-state index in [1.54, 1.807) is 0 Å². The van der Waals surface area contributed by atoms with Gasteiger partial charge in [0.05, 0.1) is 0 Å². The van der Waals surface area contributed by atoms with Gasteiger partial charge in [0.15, 0.2) is 0 Å². The van der Waals surface area contributed by atoms with Crippen molar-refractivity contribution in [1.29, 1.82) is 0 Å². The quantitative estimate of drug-likeness (QED) is 0.664. The highest BCUT2D eigenvalue weighted by Gasteiger charge is 2.25. The minimum absolute atomic E-state index is 0.550. The third-order valence-electron chi connectivity index (χ3n) is 2.61. The van der Waals surface area contributed by atoms with Crippen LogP contribution in [0.1, 0.15) is 33.1 Å². The molecule has 1 aliphatic heterocycles. The zero-order valence-electron chi connectivity index (χ0n) is 8.34. The van der Waals surface area contributed by atoms with E-state index in [-0.39, 0.29) is 0 Å². The molecule has 0 atom stereocenters. The number of thiol groups is 1. The minimum Gasteiger partial charge on any atom is -0.303 e. The second kappa shape index (κ2) is 4.52. The highest BCUT2D eigenvalue weighted by atomic mass is 32.1. The van der Waals surface area contributed by atoms with Crippen LogP contribution in [0, 0.1) is 5.41 Å². The monoisotopic (exact) mass is 187 g/mol. The highest BCUT2D eigenvalue weighted by molar-refractivity contribution is 7.80. The molecular weight excluding hydrogens is 166 g/mol. The third-order valence-corrected chi connectivity index (χ3v) is 2.93. The van der Waals surface area contributed by atoms with Gasteiger partial charge in [-0.3, -0.25) is 0 Å². The lowest BCUT2D eigenvalue weighted by atomic mass is 9.84. The fourth-order valence-corrected chi connectivity index (χ4v) is 2.17. The maximum atomic E-state index is 4.24. The Balaban J connectivity index is 2.26. The van der Waals surface area contributed by atoms with Gasteiger partial charge in [0.1, 0.15) is 0 Å². The number of rotatable bonds is 3. The molecule has 0 aromatic carbocycles. The lowest BCUT2D eigenvalue weighted by Gasteiger charge is -2.38. The summed E-state index contributed by atoms with van der Waals surface area (Å²) in [4.78, 5) is 2.58. The second-order valence-corrected chi connectivity index (χ2v) is 5.07. The molecule has 0 saturated carbocycles. The first-order chi connectivity index (χ1) is 5.64. The molecule has 1 nitrogen and oxygen atoms in total. The summed E-state index contributed by atoms with van der Waals surface area (Å²) in [5.74, 6) is 1.02. The SMILES string of the molecule is CC1(C)CCCN(CCCS)C1. The maximum Gasteiger partial charge on any atom is 0.00327 e. The summed E-state index contributed by atoms with van der Waals surface area (Å²) in [6.45, 7) is 8.57. The van der Waals surface area contributed by atoms with Gasteiger partial charge in [-0.25, -0.2) is 0 Å². The molecule has 0 spiro atoms. The predicted molar refractivity (Wildman–Crippen MR) is 57.9 cm³/mol. The number of nitrogens with zero attached hydrogens (tertiary/aromatic N) is 1. The minimum atomic E-state index is 0.550. The summed E-state index contributed by atoms with van der Waals surface area (Å²) in [7, 11) is 0. The van der Waals surface area contributed by atoms with Crippen molar-refractivity contribution < 1.29 is 0 Å². The van der Waals surface area contributed by atoms with Gasteiger partial charge >= 0.3 is 0 Å². The van der Waals surface area contributed by atoms with Gasteiger partial charge in [0.2, 0.25) is 0 Å². The van der Waals surface area contributed by atoms with Crippen molar-refractivity contribution in [2.24, 2.45) is 5.41 Å². The topological polar surface area (TPSA) is 3.24 Å². The molecule has 0 aromatic rings. The van der Waals surface area contributed by atoms with Crippen LogP contribution < -0.4 is 0 Å². The summed E-state index contributed by atoms with van der Waals surface area (Å²) in [6, 6.07) is 0. The van der Waals surface area contributed by atoms with E-state index in [0.717, 1.165) is 5.75 Å². The Morgan fingerprint density at radius 3 is 2.75 bits per heavy atom. The largest absolute Gasteiger partial charge is 0.303 e. The van der Waals surface area contributed by atoms with Gasteiger partial charge in [-0.1, -0.05) is 13.8 Å². The highest BCUT2D eigenvalue weighted by Crippen LogP contribution is 2.28. The Kier molecular flexibility index (Phi) is 3.91. The van der Waals surface area contributed by atoms with Crippen molar-refractivity contribution in [2.45, 2.75) is 33.1 Å². The van der Waals surface area contributed by atoms with Crippen LogP contribution in [-0.2, 0) is 0 Å². The van der Waals surface area contributed by atoms with Crippen molar-refractivity contribution >= 4 is 12.6 Å². The van der Waals surface area contributed by atoms with Crippen molar-refractivity contribution in [2.75, 3.05) is 25.4 Å². The zero-order chi connectivity index (χ0) is 9.03. The van der Waals surface area contributed by atoms with Crippen LogP contribution >= 0.6 is 12.6 Å². The van der Waals surface area contributed by atoms with Gasteiger partial charge in [0.25, 0.3) is 0 Å². The maximum absolute atomic E-state index is 4.24. The Labute approximate surface area is 81.9 Å². The summed E-state index contributed by atoms with van der Waals surface area (Å²) in [6.07, 6.45) is 4.00. The molecule has 0 aromatic heterocycles. The molecule has 72 valence electrons. The van der Waals surface area contributed by atoms with E-state index in [2.05, 4.69) is 31.4 Å². The first-order valence-corrected chi connectivity index (χ1v) is 5.60. The molecule has 0 bridgehead atoms. The van der Waals surface area contributed by atoms with Crippen LogP contribution in [0.25, 0.3) is 0 Å². The fraction of sp³-hybridized carbons (Fsp3) is 1.00. The van der Waals surface area contributed by atoms with E-state index in [4.69, 9.17) is 0 Å². The molecule has 0 N–H and O–H groups in total. The number of likely N-dealkylation sites (tertiary alicyclic amines) is 1. The molecule has 12 heavy (non-hydrogen) atoms. The van der Waals surface area contributed by atoms with E-state index < -0.39 is 0 Å².